The minimum atomic E-state index is -0.115. The van der Waals surface area contributed by atoms with Crippen LogP contribution in [-0.2, 0) is 14.2 Å². The van der Waals surface area contributed by atoms with Crippen LogP contribution in [0.2, 0.25) is 0 Å². The summed E-state index contributed by atoms with van der Waals surface area (Å²) in [5.74, 6) is 4.04. The Morgan fingerprint density at radius 3 is 2.44 bits per heavy atom. The molecule has 0 aromatic carbocycles. The quantitative estimate of drug-likeness (QED) is 0.539. The maximum Gasteiger partial charge on any atom is 0.160 e. The van der Waals surface area contributed by atoms with Gasteiger partial charge in [-0.2, -0.15) is 0 Å². The van der Waals surface area contributed by atoms with Crippen LogP contribution in [-0.4, -0.2) is 32.2 Å². The minimum absolute atomic E-state index is 0.115. The van der Waals surface area contributed by atoms with E-state index in [4.69, 9.17) is 20.6 Å². The molecule has 0 bridgehead atoms. The smallest absolute Gasteiger partial charge is 0.160 e. The van der Waals surface area contributed by atoms with E-state index in [-0.39, 0.29) is 6.29 Å². The molecule has 18 heavy (non-hydrogen) atoms. The van der Waals surface area contributed by atoms with Crippen LogP contribution < -0.4 is 0 Å². The SMILES string of the molecule is C#CCOCCOC1OC(CC)C(C)C(C)C1C. The monoisotopic (exact) mass is 254 g/mol. The van der Waals surface area contributed by atoms with E-state index in [0.29, 0.717) is 43.7 Å². The Kier molecular flexibility index (Phi) is 6.70. The second-order valence-corrected chi connectivity index (χ2v) is 5.16. The molecule has 0 N–H and O–H groups in total. The van der Waals surface area contributed by atoms with E-state index in [1.54, 1.807) is 0 Å². The third-order valence-corrected chi connectivity index (χ3v) is 4.08. The van der Waals surface area contributed by atoms with E-state index < -0.39 is 0 Å². The molecule has 0 spiro atoms. The predicted octanol–water partition coefficient (Wildman–Crippen LogP) is 2.70. The van der Waals surface area contributed by atoms with Gasteiger partial charge in [0.15, 0.2) is 6.29 Å². The van der Waals surface area contributed by atoms with Gasteiger partial charge in [0.05, 0.1) is 19.3 Å². The van der Waals surface area contributed by atoms with Crippen LogP contribution in [0.5, 0.6) is 0 Å². The first kappa shape index (κ1) is 15.5. The van der Waals surface area contributed by atoms with E-state index in [2.05, 4.69) is 33.6 Å². The van der Waals surface area contributed by atoms with E-state index in [1.807, 2.05) is 0 Å². The van der Waals surface area contributed by atoms with Crippen molar-refractivity contribution in [2.24, 2.45) is 17.8 Å². The summed E-state index contributed by atoms with van der Waals surface area (Å²) in [5, 5.41) is 0. The largest absolute Gasteiger partial charge is 0.366 e. The molecule has 3 nitrogen and oxygen atoms in total. The van der Waals surface area contributed by atoms with E-state index in [0.717, 1.165) is 6.42 Å². The molecule has 5 unspecified atom stereocenters. The lowest BCUT2D eigenvalue weighted by atomic mass is 9.78. The molecule has 1 rings (SSSR count). The van der Waals surface area contributed by atoms with Gasteiger partial charge in [0.1, 0.15) is 6.61 Å². The summed E-state index contributed by atoms with van der Waals surface area (Å²) in [7, 11) is 0. The maximum absolute atomic E-state index is 6.02. The molecular weight excluding hydrogens is 228 g/mol. The van der Waals surface area contributed by atoms with Gasteiger partial charge in [-0.25, -0.2) is 0 Å². The molecule has 0 saturated carbocycles. The average Bonchev–Trinajstić information content (AvgIpc) is 2.38. The number of rotatable bonds is 6. The molecular formula is C15H26O3. The summed E-state index contributed by atoms with van der Waals surface area (Å²) >= 11 is 0. The van der Waals surface area contributed by atoms with Crippen molar-refractivity contribution in [1.82, 2.24) is 0 Å². The molecule has 0 radical (unpaired) electrons. The van der Waals surface area contributed by atoms with Gasteiger partial charge < -0.3 is 14.2 Å². The molecule has 0 amide bonds. The second-order valence-electron chi connectivity index (χ2n) is 5.16. The Bertz CT molecular complexity index is 269. The highest BCUT2D eigenvalue weighted by atomic mass is 16.7. The summed E-state index contributed by atoms with van der Waals surface area (Å²) in [6, 6.07) is 0. The zero-order valence-electron chi connectivity index (χ0n) is 12.0. The Balaban J connectivity index is 2.37. The molecule has 104 valence electrons. The average molecular weight is 254 g/mol. The van der Waals surface area contributed by atoms with Gasteiger partial charge in [0.25, 0.3) is 0 Å². The Labute approximate surface area is 111 Å². The van der Waals surface area contributed by atoms with E-state index in [9.17, 15) is 0 Å². The molecule has 3 heteroatoms. The Morgan fingerprint density at radius 1 is 1.11 bits per heavy atom. The number of hydrogen-bond acceptors (Lipinski definition) is 3. The fourth-order valence-corrected chi connectivity index (χ4v) is 2.50. The van der Waals surface area contributed by atoms with Crippen molar-refractivity contribution in [3.8, 4) is 12.3 Å². The van der Waals surface area contributed by atoms with E-state index in [1.165, 1.54) is 0 Å². The standard InChI is InChI=1S/C15H26O3/c1-6-8-16-9-10-17-15-13(5)11(3)12(4)14(7-2)18-15/h1,11-15H,7-10H2,2-5H3. The first-order valence-corrected chi connectivity index (χ1v) is 6.90. The topological polar surface area (TPSA) is 27.7 Å². The first-order valence-electron chi connectivity index (χ1n) is 6.90. The lowest BCUT2D eigenvalue weighted by molar-refractivity contribution is -0.250. The Hall–Kier alpha value is -0.560. The summed E-state index contributed by atoms with van der Waals surface area (Å²) in [5.41, 5.74) is 0. The van der Waals surface area contributed by atoms with Crippen molar-refractivity contribution in [3.05, 3.63) is 0 Å². The molecule has 0 aromatic heterocycles. The second kappa shape index (κ2) is 7.78. The fourth-order valence-electron chi connectivity index (χ4n) is 2.50. The molecule has 1 heterocycles. The zero-order chi connectivity index (χ0) is 13.5. The van der Waals surface area contributed by atoms with Crippen molar-refractivity contribution < 1.29 is 14.2 Å². The van der Waals surface area contributed by atoms with Crippen LogP contribution >= 0.6 is 0 Å². The van der Waals surface area contributed by atoms with Gasteiger partial charge in [-0.1, -0.05) is 33.6 Å². The molecule has 1 aliphatic rings. The molecule has 0 aromatic rings. The molecule has 1 saturated heterocycles. The van der Waals surface area contributed by atoms with Crippen molar-refractivity contribution in [2.75, 3.05) is 19.8 Å². The maximum atomic E-state index is 6.02. The predicted molar refractivity (Wildman–Crippen MR) is 72.0 cm³/mol. The normalized spacial score (nSPS) is 36.3. The molecule has 1 aliphatic heterocycles. The van der Waals surface area contributed by atoms with Crippen LogP contribution in [0.25, 0.3) is 0 Å². The minimum Gasteiger partial charge on any atom is -0.366 e. The van der Waals surface area contributed by atoms with Gasteiger partial charge in [-0.3, -0.25) is 0 Å². The third-order valence-electron chi connectivity index (χ3n) is 4.08. The summed E-state index contributed by atoms with van der Waals surface area (Å²) in [6.07, 6.45) is 6.32. The first-order chi connectivity index (χ1) is 8.61. The van der Waals surface area contributed by atoms with Gasteiger partial charge >= 0.3 is 0 Å². The van der Waals surface area contributed by atoms with Gasteiger partial charge in [0.2, 0.25) is 0 Å². The van der Waals surface area contributed by atoms with Crippen LogP contribution in [0.1, 0.15) is 34.1 Å². The van der Waals surface area contributed by atoms with Crippen molar-refractivity contribution >= 4 is 0 Å². The fraction of sp³-hybridized carbons (Fsp3) is 0.867. The lowest BCUT2D eigenvalue weighted by Crippen LogP contribution is -2.45. The van der Waals surface area contributed by atoms with Crippen LogP contribution in [0.4, 0.5) is 0 Å². The lowest BCUT2D eigenvalue weighted by Gasteiger charge is -2.43. The Morgan fingerprint density at radius 2 is 1.83 bits per heavy atom. The van der Waals surface area contributed by atoms with E-state index >= 15 is 0 Å². The zero-order valence-corrected chi connectivity index (χ0v) is 12.0. The highest BCUT2D eigenvalue weighted by Gasteiger charge is 2.38. The number of hydrogen-bond donors (Lipinski definition) is 0. The van der Waals surface area contributed by atoms with Crippen molar-refractivity contribution in [3.63, 3.8) is 0 Å². The highest BCUT2D eigenvalue weighted by Crippen LogP contribution is 2.36. The van der Waals surface area contributed by atoms with Crippen molar-refractivity contribution in [1.29, 1.82) is 0 Å². The summed E-state index contributed by atoms with van der Waals surface area (Å²) < 4.78 is 17.0. The molecule has 5 atom stereocenters. The van der Waals surface area contributed by atoms with Gasteiger partial charge in [-0.15, -0.1) is 6.42 Å². The molecule has 0 aliphatic carbocycles. The van der Waals surface area contributed by atoms with Crippen LogP contribution in [0.15, 0.2) is 0 Å². The summed E-state index contributed by atoms with van der Waals surface area (Å²) in [6.45, 7) is 10.3. The van der Waals surface area contributed by atoms with Gasteiger partial charge in [0, 0.05) is 5.92 Å². The number of terminal acetylenes is 1. The van der Waals surface area contributed by atoms with Crippen molar-refractivity contribution in [2.45, 2.75) is 46.5 Å². The molecule has 1 fully saturated rings. The van der Waals surface area contributed by atoms with Gasteiger partial charge in [-0.05, 0) is 18.3 Å². The van der Waals surface area contributed by atoms with Crippen LogP contribution in [0, 0.1) is 30.1 Å². The van der Waals surface area contributed by atoms with Crippen LogP contribution in [0.3, 0.4) is 0 Å². The third kappa shape index (κ3) is 3.98. The number of ether oxygens (including phenoxy) is 3. The summed E-state index contributed by atoms with van der Waals surface area (Å²) in [4.78, 5) is 0. The highest BCUT2D eigenvalue weighted by molar-refractivity contribution is 4.83.